The molecule has 4 saturated heterocycles. The van der Waals surface area contributed by atoms with Crippen molar-refractivity contribution in [2.24, 2.45) is 0 Å². The molecule has 0 unspecified atom stereocenters. The highest BCUT2D eigenvalue weighted by atomic mass is 16.5. The van der Waals surface area contributed by atoms with Gasteiger partial charge in [0.25, 0.3) is 0 Å². The lowest BCUT2D eigenvalue weighted by Gasteiger charge is -2.31. The normalized spacial score (nSPS) is 31.9. The van der Waals surface area contributed by atoms with Crippen LogP contribution in [0.15, 0.2) is 12.7 Å². The van der Waals surface area contributed by atoms with E-state index in [0.717, 1.165) is 39.0 Å². The van der Waals surface area contributed by atoms with Crippen LogP contribution in [0.2, 0.25) is 0 Å². The van der Waals surface area contributed by atoms with Crippen molar-refractivity contribution >= 4 is 70.1 Å². The Morgan fingerprint density at radius 1 is 0.526 bits per heavy atom. The molecule has 78 heavy (non-hydrogen) atoms. The quantitative estimate of drug-likeness (QED) is 0.0653. The maximum absolute atomic E-state index is 13.0. The van der Waals surface area contributed by atoms with Gasteiger partial charge in [-0.25, -0.2) is 29.1 Å². The fourth-order valence-electron chi connectivity index (χ4n) is 12.3. The number of carbonyl (C=O) groups is 4. The van der Waals surface area contributed by atoms with Crippen LogP contribution in [0.1, 0.15) is 76.3 Å². The van der Waals surface area contributed by atoms with Crippen molar-refractivity contribution in [3.63, 3.8) is 0 Å². The highest BCUT2D eigenvalue weighted by Crippen LogP contribution is 2.38. The van der Waals surface area contributed by atoms with Crippen LogP contribution >= 0.6 is 0 Å². The summed E-state index contributed by atoms with van der Waals surface area (Å²) in [5, 5.41) is 76.2. The summed E-state index contributed by atoms with van der Waals surface area (Å²) < 4.78 is 13.0. The molecule has 0 aromatic carbocycles. The standard InChI is InChI=1S/C48H72N20O10/c1-77-47(75)59-29-15-31(37(71)35(29)69)67-21-51-33-39(61-43(63-41(33)67)65-13-9-27(19-65)57-45(73)55-25-7-11-49-17-25)53-23-3-5-24(6-4-23)54-40-34-42(68(22-52-34)32-16-30(36(70)38(32)72)60-48(76)78-2)64-44(62-40)66-14-10-28(20-66)58-46(74)56-26-8-12-50-18-26/h21-32,35-38,49-50,69-72H,3-20H2,1-2H3,(H,59,75)(H,60,76)(H,53,61,63)(H,54,62,64)(H2,55,57,73)(H2,56,58,74)/t23?,24?,25-,26-,27-,28-,29+,30+,31-,32-,35-,36-,37+,38+/m1/s1. The number of imidazole rings is 2. The zero-order valence-electron chi connectivity index (χ0n) is 43.7. The van der Waals surface area contributed by atoms with E-state index in [9.17, 15) is 39.6 Å². The van der Waals surface area contributed by atoms with Crippen molar-refractivity contribution in [2.45, 2.75) is 149 Å². The van der Waals surface area contributed by atoms with Crippen LogP contribution in [0.4, 0.5) is 42.7 Å². The molecule has 7 fully saturated rings. The molecule has 14 N–H and O–H groups in total. The topological polar surface area (TPSA) is 382 Å². The van der Waals surface area contributed by atoms with Gasteiger partial charge in [0.15, 0.2) is 34.0 Å². The maximum atomic E-state index is 13.0. The van der Waals surface area contributed by atoms with Crippen LogP contribution in [0, 0.1) is 0 Å². The van der Waals surface area contributed by atoms with E-state index in [1.54, 1.807) is 21.8 Å². The summed E-state index contributed by atoms with van der Waals surface area (Å²) in [5.41, 5.74) is 1.79. The van der Waals surface area contributed by atoms with Crippen molar-refractivity contribution in [2.75, 3.05) is 87.0 Å². The van der Waals surface area contributed by atoms with Crippen LogP contribution in [-0.4, -0.2) is 223 Å². The van der Waals surface area contributed by atoms with E-state index in [2.05, 4.69) is 53.2 Å². The summed E-state index contributed by atoms with van der Waals surface area (Å²) >= 11 is 0. The predicted octanol–water partition coefficient (Wildman–Crippen LogP) is -1.94. The van der Waals surface area contributed by atoms with Gasteiger partial charge in [0.2, 0.25) is 11.9 Å². The largest absolute Gasteiger partial charge is 0.453 e. The van der Waals surface area contributed by atoms with Crippen LogP contribution < -0.4 is 63.0 Å². The van der Waals surface area contributed by atoms with Gasteiger partial charge >= 0.3 is 24.2 Å². The third kappa shape index (κ3) is 11.2. The summed E-state index contributed by atoms with van der Waals surface area (Å²) in [5.74, 6) is 1.80. The molecule has 4 aromatic rings. The molecule has 7 aliphatic rings. The predicted molar refractivity (Wildman–Crippen MR) is 281 cm³/mol. The van der Waals surface area contributed by atoms with E-state index in [1.165, 1.54) is 14.2 Å². The monoisotopic (exact) mass is 1090 g/mol. The first kappa shape index (κ1) is 53.2. The summed E-state index contributed by atoms with van der Waals surface area (Å²) in [7, 11) is 2.46. The Bertz CT molecular complexity index is 2620. The Morgan fingerprint density at radius 2 is 0.936 bits per heavy atom. The number of anilines is 4. The second-order valence-corrected chi connectivity index (χ2v) is 21.8. The molecule has 30 nitrogen and oxygen atoms in total. The molecule has 424 valence electrons. The first-order chi connectivity index (χ1) is 37.8. The Labute approximate surface area is 448 Å². The number of urea groups is 2. The third-order valence-corrected chi connectivity index (χ3v) is 16.6. The molecule has 0 spiro atoms. The van der Waals surface area contributed by atoms with Crippen molar-refractivity contribution in [1.29, 1.82) is 0 Å². The lowest BCUT2D eigenvalue weighted by Crippen LogP contribution is -2.47. The molecule has 0 bridgehead atoms. The summed E-state index contributed by atoms with van der Waals surface area (Å²) in [6.07, 6.45) is 2.88. The van der Waals surface area contributed by atoms with E-state index < -0.39 is 60.8 Å². The van der Waals surface area contributed by atoms with Crippen molar-refractivity contribution in [3.05, 3.63) is 12.7 Å². The second-order valence-electron chi connectivity index (χ2n) is 21.8. The van der Waals surface area contributed by atoms with Crippen LogP contribution in [0.5, 0.6) is 0 Å². The fourth-order valence-corrected chi connectivity index (χ4v) is 12.3. The van der Waals surface area contributed by atoms with E-state index >= 15 is 0 Å². The Hall–Kier alpha value is -6.86. The lowest BCUT2D eigenvalue weighted by molar-refractivity contribution is 0.0142. The molecule has 0 radical (unpaired) electrons. The average Bonchev–Trinajstić information content (AvgIpc) is 4.35. The molecule has 11 rings (SSSR count). The molecular formula is C48H72N20O10. The number of aliphatic hydroxyl groups excluding tert-OH is 4. The number of rotatable bonds is 14. The number of aliphatic hydroxyl groups is 4. The number of nitrogens with zero attached hydrogens (tertiary/aromatic N) is 10. The van der Waals surface area contributed by atoms with E-state index in [0.29, 0.717) is 111 Å². The highest BCUT2D eigenvalue weighted by Gasteiger charge is 2.46. The van der Waals surface area contributed by atoms with Crippen LogP contribution in [-0.2, 0) is 9.47 Å². The lowest BCUT2D eigenvalue weighted by atomic mass is 9.91. The number of fused-ring (bicyclic) bond motifs is 2. The highest BCUT2D eigenvalue weighted by molar-refractivity contribution is 5.86. The molecule has 8 heterocycles. The van der Waals surface area contributed by atoms with Crippen molar-refractivity contribution in [3.8, 4) is 0 Å². The SMILES string of the molecule is COC(=O)N[C@H]1C[C@@H](n2cnc3c(NC4CCC(Nc5nc(N6CC[C@@H](NC(=O)N[C@@H]7CCNC7)C6)nc6c5ncn6[C@@H]5C[C@H](NC(=O)OC)[C@@H](O)[C@H]5O)CC4)nc(N4CC[C@@H](NC(=O)N[C@@H]5CCNC5)C4)nc32)[C@H](O)[C@@H]1O. The van der Waals surface area contributed by atoms with Gasteiger partial charge in [-0.2, -0.15) is 19.9 Å². The van der Waals surface area contributed by atoms with Crippen LogP contribution in [0.25, 0.3) is 22.3 Å². The van der Waals surface area contributed by atoms with Gasteiger partial charge in [0.1, 0.15) is 24.4 Å². The van der Waals surface area contributed by atoms with Gasteiger partial charge in [-0.15, -0.1) is 0 Å². The third-order valence-electron chi connectivity index (χ3n) is 16.6. The molecule has 6 amide bonds. The van der Waals surface area contributed by atoms with Crippen molar-refractivity contribution < 1.29 is 49.1 Å². The second kappa shape index (κ2) is 22.8. The number of methoxy groups -OCH3 is 2. The molecule has 3 saturated carbocycles. The fraction of sp³-hybridized carbons (Fsp3) is 0.708. The van der Waals surface area contributed by atoms with E-state index in [1.807, 2.05) is 9.80 Å². The number of alkyl carbamates (subject to hydrolysis) is 2. The van der Waals surface area contributed by atoms with E-state index in [4.69, 9.17) is 39.4 Å². The van der Waals surface area contributed by atoms with Gasteiger partial charge in [0.05, 0.1) is 51.0 Å². The Balaban J connectivity index is 0.817. The van der Waals surface area contributed by atoms with Gasteiger partial charge in [-0.05, 0) is 77.3 Å². The molecule has 12 atom stereocenters. The van der Waals surface area contributed by atoms with Gasteiger partial charge in [0, 0.05) is 75.5 Å². The zero-order chi connectivity index (χ0) is 54.2. The summed E-state index contributed by atoms with van der Waals surface area (Å²) in [4.78, 5) is 84.0. The first-order valence-corrected chi connectivity index (χ1v) is 27.3. The minimum atomic E-state index is -1.28. The zero-order valence-corrected chi connectivity index (χ0v) is 43.7. The number of aromatic nitrogens is 8. The van der Waals surface area contributed by atoms with Gasteiger partial charge in [-0.1, -0.05) is 0 Å². The minimum absolute atomic E-state index is 0.0494. The van der Waals surface area contributed by atoms with Crippen LogP contribution in [0.3, 0.4) is 0 Å². The smallest absolute Gasteiger partial charge is 0.407 e. The molecular weight excluding hydrogens is 1020 g/mol. The number of nitrogens with one attached hydrogen (secondary N) is 10. The minimum Gasteiger partial charge on any atom is -0.453 e. The molecule has 4 aliphatic heterocycles. The number of hydrogen-bond donors (Lipinski definition) is 14. The van der Waals surface area contributed by atoms with Gasteiger partial charge in [-0.3, -0.25) is 0 Å². The first-order valence-electron chi connectivity index (χ1n) is 27.3. The Morgan fingerprint density at radius 3 is 1.32 bits per heavy atom. The van der Waals surface area contributed by atoms with Crippen molar-refractivity contribution in [1.82, 2.24) is 81.6 Å². The molecule has 4 aromatic heterocycles. The Kier molecular flexibility index (Phi) is 15.6. The summed E-state index contributed by atoms with van der Waals surface area (Å²) in [6, 6.07) is -3.69. The number of hydrogen-bond acceptors (Lipinski definition) is 22. The maximum Gasteiger partial charge on any atom is 0.407 e. The number of carbonyl (C=O) groups excluding carboxylic acids is 4. The molecule has 30 heteroatoms. The number of ether oxygens (including phenoxy) is 2. The number of amides is 6. The molecule has 3 aliphatic carbocycles. The average molecular weight is 1090 g/mol. The van der Waals surface area contributed by atoms with Gasteiger partial charge < -0.3 is 102 Å². The van der Waals surface area contributed by atoms with E-state index in [-0.39, 0.29) is 61.2 Å². The summed E-state index contributed by atoms with van der Waals surface area (Å²) in [6.45, 7) is 5.23.